The van der Waals surface area contributed by atoms with Gasteiger partial charge in [-0.2, -0.15) is 0 Å². The standard InChI is InChI=1S/C27H30BrN3O4S2/c1-17(2)14-15-35-24-13-8-20(28)16-23(24)26(32)30-27(36)29-21-9-11-22(12-10-21)37(33,34)31-25-18(3)6-5-7-19(25)4/h5-13,16-17,31H,14-15H2,1-4H3,(H2,29,30,32,36). The van der Waals surface area contributed by atoms with Gasteiger partial charge in [0.1, 0.15) is 5.75 Å². The van der Waals surface area contributed by atoms with Crippen LogP contribution in [0.2, 0.25) is 0 Å². The summed E-state index contributed by atoms with van der Waals surface area (Å²) in [4.78, 5) is 13.0. The first kappa shape index (κ1) is 28.6. The maximum atomic E-state index is 12.9. The van der Waals surface area contributed by atoms with Crippen LogP contribution in [0.3, 0.4) is 0 Å². The van der Waals surface area contributed by atoms with Crippen LogP contribution < -0.4 is 20.1 Å². The van der Waals surface area contributed by atoms with Crippen molar-refractivity contribution in [3.63, 3.8) is 0 Å². The van der Waals surface area contributed by atoms with Crippen molar-refractivity contribution in [2.45, 2.75) is 39.0 Å². The molecule has 0 saturated carbocycles. The van der Waals surface area contributed by atoms with Crippen LogP contribution in [-0.2, 0) is 10.0 Å². The molecule has 3 rings (SSSR count). The number of thiocarbonyl (C=S) groups is 1. The van der Waals surface area contributed by atoms with Crippen molar-refractivity contribution in [1.29, 1.82) is 0 Å². The molecule has 1 amide bonds. The summed E-state index contributed by atoms with van der Waals surface area (Å²) in [5.41, 5.74) is 3.11. The van der Waals surface area contributed by atoms with Crippen LogP contribution in [0.25, 0.3) is 0 Å². The third-order valence-corrected chi connectivity index (χ3v) is 7.57. The summed E-state index contributed by atoms with van der Waals surface area (Å²) < 4.78 is 35.0. The molecule has 0 aliphatic heterocycles. The number of para-hydroxylation sites is 1. The highest BCUT2D eigenvalue weighted by atomic mass is 79.9. The molecule has 7 nitrogen and oxygen atoms in total. The summed E-state index contributed by atoms with van der Waals surface area (Å²) in [6.45, 7) is 8.40. The van der Waals surface area contributed by atoms with Gasteiger partial charge in [0.15, 0.2) is 5.11 Å². The van der Waals surface area contributed by atoms with Crippen molar-refractivity contribution in [1.82, 2.24) is 5.32 Å². The zero-order chi connectivity index (χ0) is 27.2. The number of amides is 1. The van der Waals surface area contributed by atoms with Crippen molar-refractivity contribution in [3.05, 3.63) is 81.8 Å². The Morgan fingerprint density at radius 2 is 1.68 bits per heavy atom. The SMILES string of the molecule is Cc1cccc(C)c1NS(=O)(=O)c1ccc(NC(=S)NC(=O)c2cc(Br)ccc2OCCC(C)C)cc1. The summed E-state index contributed by atoms with van der Waals surface area (Å²) in [5, 5.41) is 5.64. The fourth-order valence-corrected chi connectivity index (χ4v) is 5.20. The van der Waals surface area contributed by atoms with Crippen LogP contribution in [0.4, 0.5) is 11.4 Å². The lowest BCUT2D eigenvalue weighted by atomic mass is 10.1. The molecule has 0 aliphatic carbocycles. The maximum Gasteiger partial charge on any atom is 0.261 e. The Morgan fingerprint density at radius 1 is 1.03 bits per heavy atom. The molecule has 0 bridgehead atoms. The Labute approximate surface area is 232 Å². The highest BCUT2D eigenvalue weighted by Crippen LogP contribution is 2.25. The molecular formula is C27H30BrN3O4S2. The number of ether oxygens (including phenoxy) is 1. The van der Waals surface area contributed by atoms with E-state index >= 15 is 0 Å². The summed E-state index contributed by atoms with van der Waals surface area (Å²) in [6, 6.07) is 16.9. The van der Waals surface area contributed by atoms with Crippen LogP contribution >= 0.6 is 28.1 Å². The minimum absolute atomic E-state index is 0.0716. The lowest BCUT2D eigenvalue weighted by Crippen LogP contribution is -2.34. The molecular weight excluding hydrogens is 574 g/mol. The number of hydrogen-bond donors (Lipinski definition) is 3. The van der Waals surface area contributed by atoms with Gasteiger partial charge in [0.2, 0.25) is 0 Å². The van der Waals surface area contributed by atoms with Gasteiger partial charge >= 0.3 is 0 Å². The molecule has 196 valence electrons. The van der Waals surface area contributed by atoms with E-state index in [1.807, 2.05) is 38.1 Å². The second-order valence-electron chi connectivity index (χ2n) is 8.98. The lowest BCUT2D eigenvalue weighted by Gasteiger charge is -2.15. The van der Waals surface area contributed by atoms with Crippen molar-refractivity contribution < 1.29 is 17.9 Å². The van der Waals surface area contributed by atoms with Gasteiger partial charge in [-0.3, -0.25) is 14.8 Å². The Hall–Kier alpha value is -2.95. The quantitative estimate of drug-likeness (QED) is 0.244. The maximum absolute atomic E-state index is 12.9. The third kappa shape index (κ3) is 8.02. The van der Waals surface area contributed by atoms with Crippen molar-refractivity contribution in [2.75, 3.05) is 16.6 Å². The normalized spacial score (nSPS) is 11.2. The minimum atomic E-state index is -3.78. The number of benzene rings is 3. The topological polar surface area (TPSA) is 96.5 Å². The Balaban J connectivity index is 1.65. The average Bonchev–Trinajstić information content (AvgIpc) is 2.82. The Bertz CT molecular complexity index is 1370. The van der Waals surface area contributed by atoms with Gasteiger partial charge in [-0.05, 0) is 92.0 Å². The summed E-state index contributed by atoms with van der Waals surface area (Å²) in [5.74, 6) is 0.527. The average molecular weight is 605 g/mol. The molecule has 0 aliphatic rings. The second-order valence-corrected chi connectivity index (χ2v) is 12.0. The molecule has 0 heterocycles. The van der Waals surface area contributed by atoms with Crippen LogP contribution in [0.1, 0.15) is 41.8 Å². The molecule has 3 aromatic carbocycles. The highest BCUT2D eigenvalue weighted by Gasteiger charge is 2.18. The predicted molar refractivity (Wildman–Crippen MR) is 156 cm³/mol. The van der Waals surface area contributed by atoms with Gasteiger partial charge in [-0.25, -0.2) is 8.42 Å². The van der Waals surface area contributed by atoms with Crippen molar-refractivity contribution in [3.8, 4) is 5.75 Å². The minimum Gasteiger partial charge on any atom is -0.493 e. The number of hydrogen-bond acceptors (Lipinski definition) is 5. The van der Waals surface area contributed by atoms with E-state index < -0.39 is 15.9 Å². The van der Waals surface area contributed by atoms with E-state index in [9.17, 15) is 13.2 Å². The Kier molecular flexibility index (Phi) is 9.69. The van der Waals surface area contributed by atoms with E-state index in [1.54, 1.807) is 24.3 Å². The first-order valence-electron chi connectivity index (χ1n) is 11.7. The van der Waals surface area contributed by atoms with Gasteiger partial charge in [0.25, 0.3) is 15.9 Å². The smallest absolute Gasteiger partial charge is 0.261 e. The first-order chi connectivity index (χ1) is 17.5. The lowest BCUT2D eigenvalue weighted by molar-refractivity contribution is 0.0973. The number of sulfonamides is 1. The monoisotopic (exact) mass is 603 g/mol. The van der Waals surface area contributed by atoms with Gasteiger partial charge < -0.3 is 10.1 Å². The number of aryl methyl sites for hydroxylation is 2. The van der Waals surface area contributed by atoms with Crippen LogP contribution in [0, 0.1) is 19.8 Å². The van der Waals surface area contributed by atoms with E-state index in [1.165, 1.54) is 12.1 Å². The van der Waals surface area contributed by atoms with E-state index in [-0.39, 0.29) is 10.0 Å². The van der Waals surface area contributed by atoms with Gasteiger partial charge in [-0.15, -0.1) is 0 Å². The van der Waals surface area contributed by atoms with Crippen LogP contribution in [-0.4, -0.2) is 26.0 Å². The number of halogens is 1. The molecule has 3 N–H and O–H groups in total. The molecule has 0 aromatic heterocycles. The van der Waals surface area contributed by atoms with Crippen molar-refractivity contribution >= 4 is 60.6 Å². The van der Waals surface area contributed by atoms with Gasteiger partial charge in [-0.1, -0.05) is 48.0 Å². The molecule has 3 aromatic rings. The Morgan fingerprint density at radius 3 is 2.30 bits per heavy atom. The summed E-state index contributed by atoms with van der Waals surface area (Å²) in [6.07, 6.45) is 0.864. The number of carbonyl (C=O) groups is 1. The molecule has 0 unspecified atom stereocenters. The zero-order valence-electron chi connectivity index (χ0n) is 21.1. The predicted octanol–water partition coefficient (Wildman–Crippen LogP) is 6.42. The number of anilines is 2. The fourth-order valence-electron chi connectivity index (χ4n) is 3.43. The van der Waals surface area contributed by atoms with Gasteiger partial charge in [0, 0.05) is 10.2 Å². The number of carbonyl (C=O) groups excluding carboxylic acids is 1. The van der Waals surface area contributed by atoms with Crippen LogP contribution in [0.5, 0.6) is 5.75 Å². The highest BCUT2D eigenvalue weighted by molar-refractivity contribution is 9.10. The molecule has 10 heteroatoms. The largest absolute Gasteiger partial charge is 0.493 e. The van der Waals surface area contributed by atoms with E-state index in [4.69, 9.17) is 17.0 Å². The second kappa shape index (κ2) is 12.5. The van der Waals surface area contributed by atoms with E-state index in [0.717, 1.165) is 22.0 Å². The van der Waals surface area contributed by atoms with E-state index in [2.05, 4.69) is 45.1 Å². The molecule has 0 radical (unpaired) electrons. The van der Waals surface area contributed by atoms with Gasteiger partial charge in [0.05, 0.1) is 22.8 Å². The first-order valence-corrected chi connectivity index (χ1v) is 14.4. The molecule has 37 heavy (non-hydrogen) atoms. The van der Waals surface area contributed by atoms with E-state index in [0.29, 0.717) is 35.2 Å². The van der Waals surface area contributed by atoms with Crippen LogP contribution in [0.15, 0.2) is 70.0 Å². The number of nitrogens with one attached hydrogen (secondary N) is 3. The summed E-state index contributed by atoms with van der Waals surface area (Å²) >= 11 is 8.69. The summed E-state index contributed by atoms with van der Waals surface area (Å²) in [7, 11) is -3.78. The number of rotatable bonds is 9. The molecule has 0 spiro atoms. The molecule has 0 fully saturated rings. The zero-order valence-corrected chi connectivity index (χ0v) is 24.3. The molecule has 0 saturated heterocycles. The fraction of sp³-hybridized carbons (Fsp3) is 0.259. The molecule has 0 atom stereocenters. The third-order valence-electron chi connectivity index (χ3n) is 5.51. The van der Waals surface area contributed by atoms with Crippen molar-refractivity contribution in [2.24, 2.45) is 5.92 Å².